The Morgan fingerprint density at radius 2 is 2.00 bits per heavy atom. The molecule has 1 atom stereocenters. The first-order valence-electron chi connectivity index (χ1n) is 6.75. The monoisotopic (exact) mass is 266 g/mol. The largest absolute Gasteiger partial charge is 0.496 e. The summed E-state index contributed by atoms with van der Waals surface area (Å²) in [7, 11) is 3.37. The minimum absolute atomic E-state index is 0.562. The van der Waals surface area contributed by atoms with Crippen molar-refractivity contribution in [2.75, 3.05) is 27.3 Å². The van der Waals surface area contributed by atoms with Crippen molar-refractivity contribution < 1.29 is 9.47 Å². The highest BCUT2D eigenvalue weighted by molar-refractivity contribution is 5.49. The second-order valence-corrected chi connectivity index (χ2v) is 4.89. The highest BCUT2D eigenvalue weighted by Crippen LogP contribution is 2.31. The molecule has 0 aliphatic rings. The molecule has 0 spiro atoms. The molecule has 0 saturated heterocycles. The van der Waals surface area contributed by atoms with Gasteiger partial charge in [0.15, 0.2) is 0 Å². The van der Waals surface area contributed by atoms with Crippen LogP contribution in [0.25, 0.3) is 0 Å². The van der Waals surface area contributed by atoms with Crippen molar-refractivity contribution >= 4 is 0 Å². The molecule has 19 heavy (non-hydrogen) atoms. The number of ether oxygens (including phenoxy) is 2. The highest BCUT2D eigenvalue weighted by Gasteiger charge is 2.10. The Morgan fingerprint density at radius 3 is 2.58 bits per heavy atom. The summed E-state index contributed by atoms with van der Waals surface area (Å²) in [6.45, 7) is 6.68. The first-order valence-corrected chi connectivity index (χ1v) is 6.75. The minimum atomic E-state index is 0.562. The van der Waals surface area contributed by atoms with Crippen LogP contribution in [0.2, 0.25) is 0 Å². The molecule has 0 heterocycles. The van der Waals surface area contributed by atoms with Crippen molar-refractivity contribution in [2.45, 2.75) is 26.8 Å². The van der Waals surface area contributed by atoms with Crippen LogP contribution in [-0.2, 0) is 6.54 Å². The van der Waals surface area contributed by atoms with Gasteiger partial charge in [-0.25, -0.2) is 0 Å². The molecule has 3 N–H and O–H groups in total. The molecule has 0 aliphatic heterocycles. The maximum absolute atomic E-state index is 5.60. The molecule has 108 valence electrons. The summed E-state index contributed by atoms with van der Waals surface area (Å²) in [4.78, 5) is 0. The third-order valence-corrected chi connectivity index (χ3v) is 3.39. The molecule has 1 unspecified atom stereocenters. The molecule has 0 fully saturated rings. The fourth-order valence-electron chi connectivity index (χ4n) is 2.06. The Kier molecular flexibility index (Phi) is 6.67. The normalized spacial score (nSPS) is 12.3. The summed E-state index contributed by atoms with van der Waals surface area (Å²) >= 11 is 0. The van der Waals surface area contributed by atoms with Crippen molar-refractivity contribution in [3.8, 4) is 11.5 Å². The molecular formula is C15H26N2O2. The first-order chi connectivity index (χ1) is 9.13. The van der Waals surface area contributed by atoms with Crippen LogP contribution in [0, 0.1) is 12.8 Å². The Labute approximate surface area is 116 Å². The molecule has 4 nitrogen and oxygen atoms in total. The fourth-order valence-corrected chi connectivity index (χ4v) is 2.06. The number of rotatable bonds is 8. The summed E-state index contributed by atoms with van der Waals surface area (Å²) in [5.74, 6) is 2.32. The van der Waals surface area contributed by atoms with Gasteiger partial charge in [-0.05, 0) is 38.4 Å². The van der Waals surface area contributed by atoms with Crippen LogP contribution in [0.4, 0.5) is 0 Å². The zero-order chi connectivity index (χ0) is 14.3. The van der Waals surface area contributed by atoms with Crippen LogP contribution >= 0.6 is 0 Å². The Bertz CT molecular complexity index is 394. The van der Waals surface area contributed by atoms with Crippen LogP contribution in [0.1, 0.15) is 24.5 Å². The number of nitrogens with one attached hydrogen (secondary N) is 1. The van der Waals surface area contributed by atoms with Gasteiger partial charge in [-0.2, -0.15) is 0 Å². The van der Waals surface area contributed by atoms with Gasteiger partial charge in [0, 0.05) is 17.7 Å². The smallest absolute Gasteiger partial charge is 0.129 e. The van der Waals surface area contributed by atoms with Gasteiger partial charge in [-0.1, -0.05) is 13.0 Å². The van der Waals surface area contributed by atoms with Gasteiger partial charge in [-0.3, -0.25) is 0 Å². The van der Waals surface area contributed by atoms with Crippen molar-refractivity contribution in [2.24, 2.45) is 11.7 Å². The van der Waals surface area contributed by atoms with Crippen LogP contribution in [0.5, 0.6) is 11.5 Å². The average molecular weight is 266 g/mol. The van der Waals surface area contributed by atoms with Crippen LogP contribution in [0.15, 0.2) is 12.1 Å². The molecule has 0 aromatic heterocycles. The quantitative estimate of drug-likeness (QED) is 0.707. The van der Waals surface area contributed by atoms with Gasteiger partial charge in [0.25, 0.3) is 0 Å². The maximum Gasteiger partial charge on any atom is 0.129 e. The fraction of sp³-hybridized carbons (Fsp3) is 0.600. The minimum Gasteiger partial charge on any atom is -0.496 e. The average Bonchev–Trinajstić information content (AvgIpc) is 2.43. The summed E-state index contributed by atoms with van der Waals surface area (Å²) < 4.78 is 10.8. The summed E-state index contributed by atoms with van der Waals surface area (Å²) in [5.41, 5.74) is 7.80. The van der Waals surface area contributed by atoms with Gasteiger partial charge in [0.05, 0.1) is 14.2 Å². The summed E-state index contributed by atoms with van der Waals surface area (Å²) in [6, 6.07) is 4.03. The van der Waals surface area contributed by atoms with Gasteiger partial charge in [-0.15, -0.1) is 0 Å². The molecule has 0 aliphatic carbocycles. The number of nitrogens with two attached hydrogens (primary N) is 1. The van der Waals surface area contributed by atoms with Gasteiger partial charge in [0.2, 0.25) is 0 Å². The van der Waals surface area contributed by atoms with Gasteiger partial charge >= 0.3 is 0 Å². The lowest BCUT2D eigenvalue weighted by Gasteiger charge is -2.15. The van der Waals surface area contributed by atoms with Crippen LogP contribution < -0.4 is 20.5 Å². The first kappa shape index (κ1) is 15.8. The number of hydrogen-bond acceptors (Lipinski definition) is 4. The predicted molar refractivity (Wildman–Crippen MR) is 78.8 cm³/mol. The Morgan fingerprint density at radius 1 is 1.26 bits per heavy atom. The summed E-state index contributed by atoms with van der Waals surface area (Å²) in [6.07, 6.45) is 1.09. The molecule has 0 amide bonds. The Balaban J connectivity index is 2.61. The molecule has 0 bridgehead atoms. The molecular weight excluding hydrogens is 240 g/mol. The SMILES string of the molecule is COc1ccc(CNCCC(C)CN)c(OC)c1C. The van der Waals surface area contributed by atoms with E-state index in [1.807, 2.05) is 19.1 Å². The lowest BCUT2D eigenvalue weighted by atomic mass is 10.1. The van der Waals surface area contributed by atoms with E-state index in [0.717, 1.165) is 48.7 Å². The zero-order valence-corrected chi connectivity index (χ0v) is 12.5. The van der Waals surface area contributed by atoms with Crippen molar-refractivity contribution in [3.63, 3.8) is 0 Å². The molecule has 1 aromatic rings. The topological polar surface area (TPSA) is 56.5 Å². The molecule has 4 heteroatoms. The van der Waals surface area contributed by atoms with Gasteiger partial charge in [0.1, 0.15) is 11.5 Å². The standard InChI is InChI=1S/C15H26N2O2/c1-11(9-16)7-8-17-10-13-5-6-14(18-3)12(2)15(13)19-4/h5-6,11,17H,7-10,16H2,1-4H3. The number of methoxy groups -OCH3 is 2. The molecule has 0 saturated carbocycles. The molecule has 0 radical (unpaired) electrons. The molecule has 1 aromatic carbocycles. The second-order valence-electron chi connectivity index (χ2n) is 4.89. The third-order valence-electron chi connectivity index (χ3n) is 3.39. The highest BCUT2D eigenvalue weighted by atomic mass is 16.5. The molecule has 1 rings (SSSR count). The van der Waals surface area contributed by atoms with Gasteiger partial charge < -0.3 is 20.5 Å². The second kappa shape index (κ2) is 8.02. The lowest BCUT2D eigenvalue weighted by Crippen LogP contribution is -2.20. The van der Waals surface area contributed by atoms with E-state index in [2.05, 4.69) is 12.2 Å². The van der Waals surface area contributed by atoms with Crippen LogP contribution in [-0.4, -0.2) is 27.3 Å². The van der Waals surface area contributed by atoms with E-state index in [1.54, 1.807) is 14.2 Å². The van der Waals surface area contributed by atoms with Crippen molar-refractivity contribution in [3.05, 3.63) is 23.3 Å². The summed E-state index contributed by atoms with van der Waals surface area (Å²) in [5, 5.41) is 3.43. The van der Waals surface area contributed by atoms with E-state index in [9.17, 15) is 0 Å². The van der Waals surface area contributed by atoms with E-state index >= 15 is 0 Å². The van der Waals surface area contributed by atoms with E-state index < -0.39 is 0 Å². The third kappa shape index (κ3) is 4.40. The number of benzene rings is 1. The van der Waals surface area contributed by atoms with Crippen LogP contribution in [0.3, 0.4) is 0 Å². The zero-order valence-electron chi connectivity index (χ0n) is 12.5. The lowest BCUT2D eigenvalue weighted by molar-refractivity contribution is 0.384. The van der Waals surface area contributed by atoms with E-state index in [4.69, 9.17) is 15.2 Å². The maximum atomic E-state index is 5.60. The van der Waals surface area contributed by atoms with E-state index in [0.29, 0.717) is 5.92 Å². The van der Waals surface area contributed by atoms with E-state index in [-0.39, 0.29) is 0 Å². The van der Waals surface area contributed by atoms with E-state index in [1.165, 1.54) is 0 Å². The van der Waals surface area contributed by atoms with Crippen molar-refractivity contribution in [1.29, 1.82) is 0 Å². The predicted octanol–water partition coefficient (Wildman–Crippen LogP) is 2.09. The number of hydrogen-bond donors (Lipinski definition) is 2. The Hall–Kier alpha value is -1.26. The van der Waals surface area contributed by atoms with Crippen molar-refractivity contribution in [1.82, 2.24) is 5.32 Å².